The molecule has 0 amide bonds. The predicted octanol–water partition coefficient (Wildman–Crippen LogP) is 2.58. The molecule has 2 aliphatic rings. The zero-order valence-electron chi connectivity index (χ0n) is 10.8. The molecule has 4 nitrogen and oxygen atoms in total. The summed E-state index contributed by atoms with van der Waals surface area (Å²) >= 11 is 0. The number of fused-ring (bicyclic) bond motifs is 1. The molecule has 1 aromatic heterocycles. The van der Waals surface area contributed by atoms with Gasteiger partial charge in [0.25, 0.3) is 0 Å². The molecule has 2 heterocycles. The second-order valence-corrected chi connectivity index (χ2v) is 4.91. The van der Waals surface area contributed by atoms with Gasteiger partial charge in [-0.15, -0.1) is 10.2 Å². The second kappa shape index (κ2) is 6.74. The van der Waals surface area contributed by atoms with E-state index in [0.717, 1.165) is 25.2 Å². The number of hydrogen-bond donors (Lipinski definition) is 0. The number of aryl methyl sites for hydroxylation is 1. The lowest BCUT2D eigenvalue weighted by Crippen LogP contribution is -2.24. The average Bonchev–Trinajstić information content (AvgIpc) is 2.88. The largest absolute Gasteiger partial charge is 0.381 e. The van der Waals surface area contributed by atoms with Gasteiger partial charge in [-0.1, -0.05) is 38.5 Å². The molecule has 96 valence electrons. The number of methoxy groups -OCH3 is 1. The number of hydrogen-bond acceptors (Lipinski definition) is 3. The van der Waals surface area contributed by atoms with Crippen LogP contribution in [0, 0.1) is 0 Å². The van der Waals surface area contributed by atoms with Crippen LogP contribution in [0.25, 0.3) is 0 Å². The van der Waals surface area contributed by atoms with Crippen molar-refractivity contribution in [3.63, 3.8) is 0 Å². The number of aromatic nitrogens is 3. The van der Waals surface area contributed by atoms with Crippen molar-refractivity contribution in [2.75, 3.05) is 7.11 Å². The van der Waals surface area contributed by atoms with Crippen LogP contribution in [0.1, 0.15) is 50.8 Å². The van der Waals surface area contributed by atoms with Gasteiger partial charge in [-0.3, -0.25) is 0 Å². The van der Waals surface area contributed by atoms with Gasteiger partial charge >= 0.3 is 0 Å². The van der Waals surface area contributed by atoms with Crippen molar-refractivity contribution in [2.45, 2.75) is 64.0 Å². The molecular formula is C13H23N3O. The van der Waals surface area contributed by atoms with Gasteiger partial charge in [0.15, 0.2) is 0 Å². The zero-order chi connectivity index (χ0) is 11.9. The summed E-state index contributed by atoms with van der Waals surface area (Å²) in [6.45, 7) is 0.987. The van der Waals surface area contributed by atoms with Crippen LogP contribution in [0.3, 0.4) is 0 Å². The van der Waals surface area contributed by atoms with E-state index in [-0.39, 0.29) is 0 Å². The second-order valence-electron chi connectivity index (χ2n) is 4.91. The van der Waals surface area contributed by atoms with Crippen LogP contribution in [0.5, 0.6) is 0 Å². The molecule has 1 aliphatic heterocycles. The smallest absolute Gasteiger partial charge is 0.135 e. The summed E-state index contributed by atoms with van der Waals surface area (Å²) in [5.41, 5.74) is 0. The van der Waals surface area contributed by atoms with E-state index in [4.69, 9.17) is 4.74 Å². The molecule has 1 saturated carbocycles. The summed E-state index contributed by atoms with van der Waals surface area (Å²) in [6.07, 6.45) is 13.1. The highest BCUT2D eigenvalue weighted by Crippen LogP contribution is 2.15. The Morgan fingerprint density at radius 2 is 1.82 bits per heavy atom. The minimum atomic E-state index is 0.340. The van der Waals surface area contributed by atoms with E-state index < -0.39 is 0 Å². The van der Waals surface area contributed by atoms with Gasteiger partial charge in [0.05, 0.1) is 6.10 Å². The zero-order valence-corrected chi connectivity index (χ0v) is 10.8. The number of ether oxygens (including phenoxy) is 1. The summed E-state index contributed by atoms with van der Waals surface area (Å²) in [4.78, 5) is 0. The van der Waals surface area contributed by atoms with Crippen molar-refractivity contribution in [2.24, 2.45) is 0 Å². The van der Waals surface area contributed by atoms with Crippen molar-refractivity contribution in [1.82, 2.24) is 14.8 Å². The molecule has 4 heteroatoms. The summed E-state index contributed by atoms with van der Waals surface area (Å²) in [5, 5.41) is 7.82. The Bertz CT molecular complexity index is 309. The summed E-state index contributed by atoms with van der Waals surface area (Å²) in [6, 6.07) is 0. The topological polar surface area (TPSA) is 39.9 Å². The molecule has 3 rings (SSSR count). The first-order valence-corrected chi connectivity index (χ1v) is 6.79. The molecular weight excluding hydrogens is 214 g/mol. The van der Waals surface area contributed by atoms with Gasteiger partial charge < -0.3 is 9.30 Å². The number of rotatable bonds is 1. The Kier molecular flexibility index (Phi) is 4.98. The van der Waals surface area contributed by atoms with Gasteiger partial charge in [0.2, 0.25) is 0 Å². The summed E-state index contributed by atoms with van der Waals surface area (Å²) in [5.74, 6) is 1.04. The maximum Gasteiger partial charge on any atom is 0.135 e. The Balaban J connectivity index is 0.000000153. The van der Waals surface area contributed by atoms with E-state index in [0.29, 0.717) is 6.10 Å². The Morgan fingerprint density at radius 3 is 2.41 bits per heavy atom. The number of nitrogens with zero attached hydrogens (tertiary/aromatic N) is 3. The monoisotopic (exact) mass is 237 g/mol. The van der Waals surface area contributed by atoms with Crippen LogP contribution in [0.15, 0.2) is 6.33 Å². The minimum absolute atomic E-state index is 0.340. The van der Waals surface area contributed by atoms with Crippen LogP contribution in [0.2, 0.25) is 0 Å². The maximum atomic E-state index is 5.24. The Labute approximate surface area is 103 Å². The summed E-state index contributed by atoms with van der Waals surface area (Å²) < 4.78 is 7.32. The van der Waals surface area contributed by atoms with Gasteiger partial charge in [0, 0.05) is 20.1 Å². The lowest BCUT2D eigenvalue weighted by atomic mass is 10.0. The van der Waals surface area contributed by atoms with Crippen LogP contribution < -0.4 is 0 Å². The molecule has 17 heavy (non-hydrogen) atoms. The highest BCUT2D eigenvalue weighted by atomic mass is 16.5. The molecule has 0 aromatic carbocycles. The standard InChI is InChI=1S/C7H11N3O.C6H12/c1-11-6-2-3-10-5-8-9-7(10)4-6;1-2-4-6-5-3-1/h5-6H,2-4H2,1H3;1-6H2. The molecule has 0 saturated heterocycles. The van der Waals surface area contributed by atoms with Crippen LogP contribution >= 0.6 is 0 Å². The quantitative estimate of drug-likeness (QED) is 0.753. The average molecular weight is 237 g/mol. The molecule has 1 fully saturated rings. The molecule has 0 spiro atoms. The molecule has 1 aromatic rings. The highest BCUT2D eigenvalue weighted by Gasteiger charge is 2.18. The van der Waals surface area contributed by atoms with E-state index >= 15 is 0 Å². The van der Waals surface area contributed by atoms with Crippen molar-refractivity contribution in [3.05, 3.63) is 12.2 Å². The Hall–Kier alpha value is -0.900. The van der Waals surface area contributed by atoms with Crippen LogP contribution in [-0.2, 0) is 17.7 Å². The molecule has 0 bridgehead atoms. The fraction of sp³-hybridized carbons (Fsp3) is 0.846. The maximum absolute atomic E-state index is 5.24. The molecule has 0 radical (unpaired) electrons. The fourth-order valence-corrected chi connectivity index (χ4v) is 2.47. The third-order valence-electron chi connectivity index (χ3n) is 3.63. The molecule has 1 unspecified atom stereocenters. The van der Waals surface area contributed by atoms with E-state index in [1.54, 1.807) is 13.4 Å². The molecule has 1 aliphatic carbocycles. The van der Waals surface area contributed by atoms with Crippen molar-refractivity contribution in [3.8, 4) is 0 Å². The normalized spacial score (nSPS) is 23.5. The predicted molar refractivity (Wildman–Crippen MR) is 66.8 cm³/mol. The van der Waals surface area contributed by atoms with Crippen LogP contribution in [-0.4, -0.2) is 28.0 Å². The van der Waals surface area contributed by atoms with Gasteiger partial charge in [-0.25, -0.2) is 0 Å². The first kappa shape index (κ1) is 12.6. The van der Waals surface area contributed by atoms with E-state index in [1.807, 2.05) is 0 Å². The minimum Gasteiger partial charge on any atom is -0.381 e. The van der Waals surface area contributed by atoms with Gasteiger partial charge in [0.1, 0.15) is 12.2 Å². The first-order valence-electron chi connectivity index (χ1n) is 6.79. The lowest BCUT2D eigenvalue weighted by molar-refractivity contribution is 0.0796. The lowest BCUT2D eigenvalue weighted by Gasteiger charge is -2.20. The SMILES string of the molecule is C1CCCCC1.COC1CCn2cnnc2C1. The third-order valence-corrected chi connectivity index (χ3v) is 3.63. The molecule has 0 N–H and O–H groups in total. The van der Waals surface area contributed by atoms with E-state index in [1.165, 1.54) is 38.5 Å². The highest BCUT2D eigenvalue weighted by molar-refractivity contribution is 4.92. The van der Waals surface area contributed by atoms with E-state index in [9.17, 15) is 0 Å². The van der Waals surface area contributed by atoms with Crippen molar-refractivity contribution in [1.29, 1.82) is 0 Å². The summed E-state index contributed by atoms with van der Waals surface area (Å²) in [7, 11) is 1.75. The van der Waals surface area contributed by atoms with Gasteiger partial charge in [-0.2, -0.15) is 0 Å². The van der Waals surface area contributed by atoms with Crippen molar-refractivity contribution >= 4 is 0 Å². The Morgan fingerprint density at radius 1 is 1.18 bits per heavy atom. The fourth-order valence-electron chi connectivity index (χ4n) is 2.47. The van der Waals surface area contributed by atoms with Gasteiger partial charge in [-0.05, 0) is 6.42 Å². The third kappa shape index (κ3) is 3.80. The first-order chi connectivity index (χ1) is 8.40. The van der Waals surface area contributed by atoms with Crippen LogP contribution in [0.4, 0.5) is 0 Å². The van der Waals surface area contributed by atoms with E-state index in [2.05, 4.69) is 14.8 Å². The van der Waals surface area contributed by atoms with Crippen molar-refractivity contribution < 1.29 is 4.74 Å². The molecule has 1 atom stereocenters.